The van der Waals surface area contributed by atoms with Crippen molar-refractivity contribution in [2.24, 2.45) is 5.92 Å². The molecule has 0 spiro atoms. The summed E-state index contributed by atoms with van der Waals surface area (Å²) in [5, 5.41) is 2.49. The van der Waals surface area contributed by atoms with E-state index >= 15 is 0 Å². The summed E-state index contributed by atoms with van der Waals surface area (Å²) in [5.41, 5.74) is 2.09. The van der Waals surface area contributed by atoms with Gasteiger partial charge in [-0.1, -0.05) is 12.1 Å². The molecule has 0 aromatic heterocycles. The van der Waals surface area contributed by atoms with Crippen LogP contribution in [0.1, 0.15) is 23.1 Å². The maximum atomic E-state index is 12.8. The molecule has 2 aromatic carbocycles. The van der Waals surface area contributed by atoms with E-state index in [1.165, 1.54) is 12.1 Å². The summed E-state index contributed by atoms with van der Waals surface area (Å²) >= 11 is 0. The van der Waals surface area contributed by atoms with E-state index in [-0.39, 0.29) is 24.6 Å². The van der Waals surface area contributed by atoms with Gasteiger partial charge in [0, 0.05) is 24.3 Å². The van der Waals surface area contributed by atoms with Gasteiger partial charge in [-0.3, -0.25) is 9.59 Å². The van der Waals surface area contributed by atoms with Crippen LogP contribution in [0.2, 0.25) is 0 Å². The quantitative estimate of drug-likeness (QED) is 0.868. The molecule has 1 N–H and O–H groups in total. The van der Waals surface area contributed by atoms with E-state index in [9.17, 15) is 22.8 Å². The lowest BCUT2D eigenvalue weighted by Crippen LogP contribution is -2.28. The lowest BCUT2D eigenvalue weighted by molar-refractivity contribution is -0.137. The van der Waals surface area contributed by atoms with Gasteiger partial charge in [-0.25, -0.2) is 0 Å². The third kappa shape index (κ3) is 4.13. The van der Waals surface area contributed by atoms with Crippen molar-refractivity contribution in [2.75, 3.05) is 16.8 Å². The third-order valence-electron chi connectivity index (χ3n) is 4.76. The highest BCUT2D eigenvalue weighted by atomic mass is 19.4. The predicted octanol–water partition coefficient (Wildman–Crippen LogP) is 4.31. The highest BCUT2D eigenvalue weighted by Gasteiger charge is 2.36. The third-order valence-corrected chi connectivity index (χ3v) is 4.76. The van der Waals surface area contributed by atoms with Crippen molar-refractivity contribution in [1.29, 1.82) is 0 Å². The van der Waals surface area contributed by atoms with Gasteiger partial charge >= 0.3 is 6.18 Å². The van der Waals surface area contributed by atoms with Crippen LogP contribution in [0.15, 0.2) is 42.5 Å². The van der Waals surface area contributed by atoms with Gasteiger partial charge in [0.1, 0.15) is 0 Å². The zero-order valence-electron chi connectivity index (χ0n) is 14.9. The van der Waals surface area contributed by atoms with Gasteiger partial charge in [-0.05, 0) is 55.3 Å². The molecule has 3 rings (SSSR count). The van der Waals surface area contributed by atoms with Crippen molar-refractivity contribution >= 4 is 23.2 Å². The first-order chi connectivity index (χ1) is 12.6. The zero-order valence-corrected chi connectivity index (χ0v) is 14.9. The number of rotatable bonds is 3. The van der Waals surface area contributed by atoms with E-state index in [1.54, 1.807) is 4.90 Å². The number of anilines is 2. The SMILES string of the molecule is Cc1ccc(N2C[C@@H](C(=O)Nc3cccc(C(F)(F)F)c3)CC2=O)cc1C. The van der Waals surface area contributed by atoms with Crippen molar-refractivity contribution in [3.63, 3.8) is 0 Å². The zero-order chi connectivity index (χ0) is 19.8. The number of alkyl halides is 3. The fraction of sp³-hybridized carbons (Fsp3) is 0.300. The second-order valence-electron chi connectivity index (χ2n) is 6.74. The van der Waals surface area contributed by atoms with Gasteiger partial charge in [0.05, 0.1) is 11.5 Å². The van der Waals surface area contributed by atoms with Crippen LogP contribution in [0, 0.1) is 19.8 Å². The van der Waals surface area contributed by atoms with Gasteiger partial charge in [-0.2, -0.15) is 13.2 Å². The Labute approximate surface area is 155 Å². The lowest BCUT2D eigenvalue weighted by atomic mass is 10.1. The molecular formula is C20H19F3N2O2. The fourth-order valence-corrected chi connectivity index (χ4v) is 3.04. The fourth-order valence-electron chi connectivity index (χ4n) is 3.04. The Morgan fingerprint density at radius 2 is 1.85 bits per heavy atom. The van der Waals surface area contributed by atoms with E-state index in [1.807, 2.05) is 32.0 Å². The molecule has 0 radical (unpaired) electrons. The van der Waals surface area contributed by atoms with Crippen molar-refractivity contribution in [1.82, 2.24) is 0 Å². The number of carbonyl (C=O) groups excluding carboxylic acids is 2. The summed E-state index contributed by atoms with van der Waals surface area (Å²) in [7, 11) is 0. The van der Waals surface area contributed by atoms with Crippen LogP contribution < -0.4 is 10.2 Å². The molecule has 1 aliphatic heterocycles. The monoisotopic (exact) mass is 376 g/mol. The average Bonchev–Trinajstić information content (AvgIpc) is 2.99. The summed E-state index contributed by atoms with van der Waals surface area (Å²) < 4.78 is 38.4. The molecule has 1 fully saturated rings. The molecule has 0 bridgehead atoms. The number of halogens is 3. The average molecular weight is 376 g/mol. The van der Waals surface area contributed by atoms with E-state index in [4.69, 9.17) is 0 Å². The first kappa shape index (κ1) is 18.9. The Morgan fingerprint density at radius 3 is 2.52 bits per heavy atom. The first-order valence-corrected chi connectivity index (χ1v) is 8.51. The molecule has 1 atom stereocenters. The molecule has 4 nitrogen and oxygen atoms in total. The van der Waals surface area contributed by atoms with Crippen molar-refractivity contribution in [2.45, 2.75) is 26.4 Å². The smallest absolute Gasteiger partial charge is 0.326 e. The molecule has 1 heterocycles. The largest absolute Gasteiger partial charge is 0.416 e. The number of nitrogens with zero attached hydrogens (tertiary/aromatic N) is 1. The van der Waals surface area contributed by atoms with Crippen molar-refractivity contribution in [3.05, 3.63) is 59.2 Å². The molecular weight excluding hydrogens is 357 g/mol. The molecule has 142 valence electrons. The van der Waals surface area contributed by atoms with Crippen molar-refractivity contribution < 1.29 is 22.8 Å². The molecule has 1 aliphatic rings. The van der Waals surface area contributed by atoms with Gasteiger partial charge in [0.25, 0.3) is 0 Å². The Kier molecular flexibility index (Phi) is 4.95. The van der Waals surface area contributed by atoms with Gasteiger partial charge in [0.15, 0.2) is 0 Å². The van der Waals surface area contributed by atoms with E-state index in [0.717, 1.165) is 28.9 Å². The summed E-state index contributed by atoms with van der Waals surface area (Å²) in [6.07, 6.45) is -4.46. The molecule has 0 saturated carbocycles. The number of nitrogens with one attached hydrogen (secondary N) is 1. The predicted molar refractivity (Wildman–Crippen MR) is 96.4 cm³/mol. The van der Waals surface area contributed by atoms with Crippen molar-refractivity contribution in [3.8, 4) is 0 Å². The minimum Gasteiger partial charge on any atom is -0.326 e. The van der Waals surface area contributed by atoms with Gasteiger partial charge in [0.2, 0.25) is 11.8 Å². The maximum Gasteiger partial charge on any atom is 0.416 e. The number of hydrogen-bond donors (Lipinski definition) is 1. The number of amides is 2. The van der Waals surface area contributed by atoms with Gasteiger partial charge < -0.3 is 10.2 Å². The topological polar surface area (TPSA) is 49.4 Å². The van der Waals surface area contributed by atoms with Crippen LogP contribution in [0.25, 0.3) is 0 Å². The first-order valence-electron chi connectivity index (χ1n) is 8.51. The molecule has 7 heteroatoms. The Bertz CT molecular complexity index is 893. The highest BCUT2D eigenvalue weighted by Crippen LogP contribution is 2.31. The molecule has 1 saturated heterocycles. The Balaban J connectivity index is 1.72. The molecule has 0 unspecified atom stereocenters. The molecule has 2 aromatic rings. The standard InChI is InChI=1S/C20H19F3N2O2/c1-12-6-7-17(8-13(12)2)25-11-14(9-18(25)26)19(27)24-16-5-3-4-15(10-16)20(21,22)23/h3-8,10,14H,9,11H2,1-2H3,(H,24,27)/t14-/m0/s1. The van der Waals surface area contributed by atoms with E-state index in [2.05, 4.69) is 5.32 Å². The number of aryl methyl sites for hydroxylation is 2. The molecule has 27 heavy (non-hydrogen) atoms. The summed E-state index contributed by atoms with van der Waals surface area (Å²) in [6.45, 7) is 4.11. The van der Waals surface area contributed by atoms with E-state index in [0.29, 0.717) is 0 Å². The summed E-state index contributed by atoms with van der Waals surface area (Å²) in [6, 6.07) is 10.1. The minimum absolute atomic E-state index is 0.0255. The number of hydrogen-bond acceptors (Lipinski definition) is 2. The summed E-state index contributed by atoms with van der Waals surface area (Å²) in [5.74, 6) is -1.26. The normalized spacial score (nSPS) is 17.3. The minimum atomic E-state index is -4.48. The Hall–Kier alpha value is -2.83. The van der Waals surface area contributed by atoms with Gasteiger partial charge in [-0.15, -0.1) is 0 Å². The summed E-state index contributed by atoms with van der Waals surface area (Å²) in [4.78, 5) is 26.3. The lowest BCUT2D eigenvalue weighted by Gasteiger charge is -2.18. The Morgan fingerprint density at radius 1 is 1.11 bits per heavy atom. The van der Waals surface area contributed by atoms with Crippen LogP contribution in [0.3, 0.4) is 0 Å². The molecule has 2 amide bonds. The van der Waals surface area contributed by atoms with Crippen LogP contribution in [-0.2, 0) is 15.8 Å². The van der Waals surface area contributed by atoms with Crippen LogP contribution >= 0.6 is 0 Å². The number of carbonyl (C=O) groups is 2. The van der Waals surface area contributed by atoms with Crippen LogP contribution in [-0.4, -0.2) is 18.4 Å². The second kappa shape index (κ2) is 7.06. The number of benzene rings is 2. The van der Waals surface area contributed by atoms with E-state index < -0.39 is 23.6 Å². The highest BCUT2D eigenvalue weighted by molar-refractivity contribution is 6.03. The van der Waals surface area contributed by atoms with Crippen LogP contribution in [0.4, 0.5) is 24.5 Å². The molecule has 0 aliphatic carbocycles. The van der Waals surface area contributed by atoms with Crippen LogP contribution in [0.5, 0.6) is 0 Å². The second-order valence-corrected chi connectivity index (χ2v) is 6.74. The maximum absolute atomic E-state index is 12.8.